The molecule has 8 heteroatoms. The van der Waals surface area contributed by atoms with Gasteiger partial charge in [-0.25, -0.2) is 0 Å². The van der Waals surface area contributed by atoms with Crippen molar-refractivity contribution in [2.24, 2.45) is 10.3 Å². The molecular weight excluding hydrogens is 354 g/mol. The summed E-state index contributed by atoms with van der Waals surface area (Å²) in [6.45, 7) is 5.90. The average Bonchev–Trinajstić information content (AvgIpc) is 2.96. The van der Waals surface area contributed by atoms with Crippen LogP contribution < -0.4 is 5.32 Å². The SMILES string of the molecule is CC(C)COCCC(=O)Nc1ccc(S(=O)(=O)N=C2CCCN2C)cc1. The standard InChI is InChI=1S/C18H27N3O4S/c1-14(2)13-25-12-10-18(22)19-15-6-8-16(9-7-15)26(23,24)20-17-5-4-11-21(17)3/h6-9,14H,4-5,10-13H2,1-3H3,(H,19,22). The first-order valence-electron chi connectivity index (χ1n) is 8.80. The van der Waals surface area contributed by atoms with Crippen molar-refractivity contribution < 1.29 is 17.9 Å². The molecule has 0 spiro atoms. The second-order valence-electron chi connectivity index (χ2n) is 6.80. The molecule has 0 atom stereocenters. The first-order chi connectivity index (χ1) is 12.3. The molecule has 0 bridgehead atoms. The van der Waals surface area contributed by atoms with Gasteiger partial charge in [0.2, 0.25) is 5.91 Å². The lowest BCUT2D eigenvalue weighted by atomic mass is 10.2. The minimum Gasteiger partial charge on any atom is -0.381 e. The van der Waals surface area contributed by atoms with Crippen LogP contribution in [0.4, 0.5) is 5.69 Å². The van der Waals surface area contributed by atoms with Gasteiger partial charge < -0.3 is 15.0 Å². The molecule has 2 rings (SSSR count). The van der Waals surface area contributed by atoms with Crippen molar-refractivity contribution >= 4 is 27.5 Å². The number of amides is 1. The third kappa shape index (κ3) is 6.10. The number of nitrogens with zero attached hydrogens (tertiary/aromatic N) is 2. The molecule has 1 aliphatic rings. The van der Waals surface area contributed by atoms with Crippen LogP contribution >= 0.6 is 0 Å². The summed E-state index contributed by atoms with van der Waals surface area (Å²) >= 11 is 0. The number of hydrogen-bond acceptors (Lipinski definition) is 4. The topological polar surface area (TPSA) is 88.1 Å². The lowest BCUT2D eigenvalue weighted by Gasteiger charge is -2.11. The van der Waals surface area contributed by atoms with Crippen LogP contribution in [0.2, 0.25) is 0 Å². The third-order valence-electron chi connectivity index (χ3n) is 3.92. The Morgan fingerprint density at radius 3 is 2.58 bits per heavy atom. The molecule has 7 nitrogen and oxygen atoms in total. The quantitative estimate of drug-likeness (QED) is 0.699. The molecule has 144 valence electrons. The summed E-state index contributed by atoms with van der Waals surface area (Å²) in [5.41, 5.74) is 0.545. The summed E-state index contributed by atoms with van der Waals surface area (Å²) < 4.78 is 34.1. The molecule has 1 aliphatic heterocycles. The van der Waals surface area contributed by atoms with Gasteiger partial charge in [0.1, 0.15) is 5.84 Å². The van der Waals surface area contributed by atoms with Gasteiger partial charge in [-0.05, 0) is 36.6 Å². The number of rotatable bonds is 8. The molecule has 1 fully saturated rings. The summed E-state index contributed by atoms with van der Waals surface area (Å²) in [6.07, 6.45) is 1.84. The van der Waals surface area contributed by atoms with E-state index in [1.165, 1.54) is 12.1 Å². The minimum absolute atomic E-state index is 0.114. The molecule has 0 radical (unpaired) electrons. The summed E-state index contributed by atoms with van der Waals surface area (Å²) in [4.78, 5) is 13.8. The van der Waals surface area contributed by atoms with E-state index < -0.39 is 10.0 Å². The van der Waals surface area contributed by atoms with E-state index in [0.29, 0.717) is 37.1 Å². The van der Waals surface area contributed by atoms with Gasteiger partial charge in [-0.2, -0.15) is 8.42 Å². The van der Waals surface area contributed by atoms with E-state index in [1.54, 1.807) is 12.1 Å². The van der Waals surface area contributed by atoms with Crippen LogP contribution in [-0.4, -0.2) is 51.9 Å². The van der Waals surface area contributed by atoms with Crippen LogP contribution in [0.15, 0.2) is 33.6 Å². The van der Waals surface area contributed by atoms with Gasteiger partial charge in [-0.15, -0.1) is 4.40 Å². The zero-order chi connectivity index (χ0) is 19.2. The highest BCUT2D eigenvalue weighted by molar-refractivity contribution is 7.90. The number of benzene rings is 1. The van der Waals surface area contributed by atoms with Gasteiger partial charge >= 0.3 is 0 Å². The smallest absolute Gasteiger partial charge is 0.283 e. The zero-order valence-electron chi connectivity index (χ0n) is 15.6. The zero-order valence-corrected chi connectivity index (χ0v) is 16.4. The van der Waals surface area contributed by atoms with Gasteiger partial charge in [-0.1, -0.05) is 13.8 Å². The van der Waals surface area contributed by atoms with Crippen LogP contribution in [-0.2, 0) is 19.6 Å². The largest absolute Gasteiger partial charge is 0.381 e. The Balaban J connectivity index is 1.92. The highest BCUT2D eigenvalue weighted by Crippen LogP contribution is 2.19. The molecule has 1 saturated heterocycles. The highest BCUT2D eigenvalue weighted by atomic mass is 32.2. The first kappa shape index (κ1) is 20.4. The van der Waals surface area contributed by atoms with Gasteiger partial charge in [0.05, 0.1) is 17.9 Å². The third-order valence-corrected chi connectivity index (χ3v) is 5.24. The predicted octanol–water partition coefficient (Wildman–Crippen LogP) is 2.50. The Hall–Kier alpha value is -1.93. The molecule has 1 amide bonds. The maximum Gasteiger partial charge on any atom is 0.283 e. The number of anilines is 1. The van der Waals surface area contributed by atoms with E-state index in [9.17, 15) is 13.2 Å². The number of amidine groups is 1. The second kappa shape index (κ2) is 9.14. The summed E-state index contributed by atoms with van der Waals surface area (Å²) in [5, 5.41) is 2.73. The van der Waals surface area contributed by atoms with Crippen LogP contribution in [0.3, 0.4) is 0 Å². The van der Waals surface area contributed by atoms with E-state index in [-0.39, 0.29) is 17.2 Å². The monoisotopic (exact) mass is 381 g/mol. The molecule has 1 heterocycles. The predicted molar refractivity (Wildman–Crippen MR) is 102 cm³/mol. The van der Waals surface area contributed by atoms with Crippen LogP contribution in [0.5, 0.6) is 0 Å². The first-order valence-corrected chi connectivity index (χ1v) is 10.2. The number of carbonyl (C=O) groups is 1. The van der Waals surface area contributed by atoms with Gasteiger partial charge in [-0.3, -0.25) is 4.79 Å². The van der Waals surface area contributed by atoms with E-state index in [0.717, 1.165) is 13.0 Å². The Morgan fingerprint density at radius 1 is 1.31 bits per heavy atom. The van der Waals surface area contributed by atoms with E-state index in [4.69, 9.17) is 4.74 Å². The summed E-state index contributed by atoms with van der Waals surface area (Å²) in [6, 6.07) is 6.05. The highest BCUT2D eigenvalue weighted by Gasteiger charge is 2.20. The fraction of sp³-hybridized carbons (Fsp3) is 0.556. The number of likely N-dealkylation sites (tertiary alicyclic amines) is 1. The molecular formula is C18H27N3O4S. The molecule has 1 N–H and O–H groups in total. The molecule has 0 aromatic heterocycles. The van der Waals surface area contributed by atoms with E-state index in [1.807, 2.05) is 25.8 Å². The van der Waals surface area contributed by atoms with Crippen molar-refractivity contribution in [1.29, 1.82) is 0 Å². The Bertz CT molecular complexity index is 742. The minimum atomic E-state index is -3.73. The van der Waals surface area contributed by atoms with Crippen molar-refractivity contribution in [2.75, 3.05) is 32.1 Å². The Labute approximate surface area is 155 Å². The van der Waals surface area contributed by atoms with E-state index >= 15 is 0 Å². The van der Waals surface area contributed by atoms with Crippen LogP contribution in [0, 0.1) is 5.92 Å². The van der Waals surface area contributed by atoms with Gasteiger partial charge in [0.25, 0.3) is 10.0 Å². The Morgan fingerprint density at radius 2 is 2.00 bits per heavy atom. The lowest BCUT2D eigenvalue weighted by Crippen LogP contribution is -2.20. The van der Waals surface area contributed by atoms with Crippen molar-refractivity contribution in [2.45, 2.75) is 38.0 Å². The molecule has 0 unspecified atom stereocenters. The number of carbonyl (C=O) groups excluding carboxylic acids is 1. The summed E-state index contributed by atoms with van der Waals surface area (Å²) in [7, 11) is -1.90. The van der Waals surface area contributed by atoms with Crippen molar-refractivity contribution in [1.82, 2.24) is 4.90 Å². The van der Waals surface area contributed by atoms with Crippen LogP contribution in [0.1, 0.15) is 33.1 Å². The summed E-state index contributed by atoms with van der Waals surface area (Å²) in [5.74, 6) is 0.848. The van der Waals surface area contributed by atoms with Crippen molar-refractivity contribution in [3.05, 3.63) is 24.3 Å². The maximum atomic E-state index is 12.4. The van der Waals surface area contributed by atoms with Crippen molar-refractivity contribution in [3.63, 3.8) is 0 Å². The van der Waals surface area contributed by atoms with Crippen LogP contribution in [0.25, 0.3) is 0 Å². The van der Waals surface area contributed by atoms with Gasteiger partial charge in [0, 0.05) is 32.3 Å². The normalized spacial score (nSPS) is 16.5. The fourth-order valence-electron chi connectivity index (χ4n) is 2.52. The molecule has 0 aliphatic carbocycles. The second-order valence-corrected chi connectivity index (χ2v) is 8.40. The Kier molecular flexibility index (Phi) is 7.16. The lowest BCUT2D eigenvalue weighted by molar-refractivity contribution is -0.117. The molecule has 1 aromatic carbocycles. The molecule has 26 heavy (non-hydrogen) atoms. The average molecular weight is 381 g/mol. The number of hydrogen-bond donors (Lipinski definition) is 1. The maximum absolute atomic E-state index is 12.4. The van der Waals surface area contributed by atoms with E-state index in [2.05, 4.69) is 9.71 Å². The number of sulfonamides is 1. The molecule has 1 aromatic rings. The molecule has 0 saturated carbocycles. The van der Waals surface area contributed by atoms with Crippen molar-refractivity contribution in [3.8, 4) is 0 Å². The number of nitrogens with one attached hydrogen (secondary N) is 1. The van der Waals surface area contributed by atoms with Gasteiger partial charge in [0.15, 0.2) is 0 Å². The fourth-order valence-corrected chi connectivity index (χ4v) is 3.61. The number of ether oxygens (including phenoxy) is 1.